The van der Waals surface area contributed by atoms with Crippen molar-refractivity contribution in [3.63, 3.8) is 0 Å². The Morgan fingerprint density at radius 1 is 1.23 bits per heavy atom. The van der Waals surface area contributed by atoms with Crippen LogP contribution in [0, 0.1) is 22.7 Å². The Morgan fingerprint density at radius 3 is 2.38 bits per heavy atom. The summed E-state index contributed by atoms with van der Waals surface area (Å²) in [7, 11) is -2.00. The van der Waals surface area contributed by atoms with E-state index < -0.39 is 55.8 Å². The number of hydrogen-bond acceptors (Lipinski definition) is 6. The largest absolute Gasteiger partial charge is 0.471 e. The van der Waals surface area contributed by atoms with Crippen molar-refractivity contribution in [2.45, 2.75) is 120 Å². The highest BCUT2D eigenvalue weighted by Crippen LogP contribution is 2.44. The van der Waals surface area contributed by atoms with E-state index in [1.165, 1.54) is 4.90 Å². The van der Waals surface area contributed by atoms with Gasteiger partial charge in [-0.05, 0) is 43.6 Å². The van der Waals surface area contributed by atoms with E-state index >= 15 is 0 Å². The van der Waals surface area contributed by atoms with Gasteiger partial charge in [-0.1, -0.05) is 45.7 Å². The zero-order chi connectivity index (χ0) is 28.8. The van der Waals surface area contributed by atoms with Gasteiger partial charge in [0.1, 0.15) is 12.3 Å². The first-order chi connectivity index (χ1) is 18.1. The van der Waals surface area contributed by atoms with E-state index in [1.807, 2.05) is 5.32 Å². The summed E-state index contributed by atoms with van der Waals surface area (Å²) in [6.07, 6.45) is -0.333. The maximum absolute atomic E-state index is 13.8. The minimum absolute atomic E-state index is 0.0707. The lowest BCUT2D eigenvalue weighted by Crippen LogP contribution is -2.60. The third-order valence-electron chi connectivity index (χ3n) is 9.14. The van der Waals surface area contributed by atoms with Crippen LogP contribution < -0.4 is 16.0 Å². The number of halogens is 3. The average molecular weight is 572 g/mol. The number of nitrogens with one attached hydrogen (secondary N) is 3. The van der Waals surface area contributed by atoms with Crippen LogP contribution in [0.1, 0.15) is 65.7 Å². The molecule has 1 aliphatic carbocycles. The van der Waals surface area contributed by atoms with Crippen molar-refractivity contribution in [1.82, 2.24) is 20.9 Å². The maximum atomic E-state index is 13.8. The summed E-state index contributed by atoms with van der Waals surface area (Å²) < 4.78 is 39.3. The molecule has 9 nitrogen and oxygen atoms in total. The summed E-state index contributed by atoms with van der Waals surface area (Å²) in [5, 5.41) is 29.0. The van der Waals surface area contributed by atoms with Crippen LogP contribution >= 0.6 is 0 Å². The van der Waals surface area contributed by atoms with Crippen molar-refractivity contribution in [2.75, 3.05) is 6.17 Å². The quantitative estimate of drug-likeness (QED) is 0.274. The Hall–Kier alpha value is -2.17. The highest BCUT2D eigenvalue weighted by Gasteiger charge is 2.54. The molecule has 0 bridgehead atoms. The lowest BCUT2D eigenvalue weighted by molar-refractivity contribution is -0.176. The molecule has 39 heavy (non-hydrogen) atoms. The van der Waals surface area contributed by atoms with Crippen LogP contribution in [0.25, 0.3) is 0 Å². The molecule has 4 rings (SSSR count). The van der Waals surface area contributed by atoms with Crippen molar-refractivity contribution >= 4 is 25.8 Å². The number of hydrogen-bond donors (Lipinski definition) is 4. The first kappa shape index (κ1) is 29.8. The number of rotatable bonds is 7. The molecule has 13 heteroatoms. The molecule has 4 N–H and O–H groups in total. The van der Waals surface area contributed by atoms with Gasteiger partial charge in [0.25, 0.3) is 0 Å². The van der Waals surface area contributed by atoms with Crippen molar-refractivity contribution in [3.8, 4) is 6.07 Å². The van der Waals surface area contributed by atoms with E-state index in [-0.39, 0.29) is 23.8 Å². The third-order valence-corrected chi connectivity index (χ3v) is 14.3. The minimum Gasteiger partial charge on any atom is -0.376 e. The van der Waals surface area contributed by atoms with Crippen LogP contribution in [0.15, 0.2) is 0 Å². The Balaban J connectivity index is 1.49. The van der Waals surface area contributed by atoms with Crippen molar-refractivity contribution in [1.29, 1.82) is 5.26 Å². The number of nitrogens with zero attached hydrogens (tertiary/aromatic N) is 2. The smallest absolute Gasteiger partial charge is 0.376 e. The standard InChI is InChI=1S/C26H40F3N5O4Si/c1-24(2,3)19(32-23(38)26(27,28)29)22(37)34-15-39(10-4-5-11-39)14-18(34)21(36)31-17(13-30)12-16-6-7-25(8-9-25)33-20(16)35/h16-19,21,31,36H,4-12,14-15H2,1-3H3,(H,32,38)(H,33,35). The van der Waals surface area contributed by atoms with Crippen LogP contribution in [0.2, 0.25) is 18.1 Å². The van der Waals surface area contributed by atoms with Gasteiger partial charge in [-0.3, -0.25) is 19.7 Å². The number of aliphatic hydroxyl groups excluding tert-OH is 1. The monoisotopic (exact) mass is 571 g/mol. The normalized spacial score (nSPS) is 28.1. The average Bonchev–Trinajstić information content (AvgIpc) is 3.25. The van der Waals surface area contributed by atoms with Gasteiger partial charge in [-0.2, -0.15) is 18.4 Å². The fraction of sp³-hybridized carbons (Fsp3) is 0.846. The number of carbonyl (C=O) groups excluding carboxylic acids is 3. The van der Waals surface area contributed by atoms with Crippen LogP contribution in [-0.4, -0.2) is 78.0 Å². The van der Waals surface area contributed by atoms with E-state index in [1.54, 1.807) is 20.8 Å². The molecular formula is C26H40F3N5O4Si. The van der Waals surface area contributed by atoms with Crippen molar-refractivity contribution < 1.29 is 32.7 Å². The first-order valence-corrected chi connectivity index (χ1v) is 16.7. The molecule has 218 valence electrons. The molecule has 3 saturated heterocycles. The molecule has 3 heterocycles. The molecule has 3 aliphatic heterocycles. The van der Waals surface area contributed by atoms with E-state index in [2.05, 4.69) is 16.7 Å². The minimum atomic E-state index is -5.14. The Kier molecular flexibility index (Phi) is 8.15. The zero-order valence-corrected chi connectivity index (χ0v) is 23.9. The predicted molar refractivity (Wildman–Crippen MR) is 138 cm³/mol. The molecule has 2 spiro atoms. The summed E-state index contributed by atoms with van der Waals surface area (Å²) in [5.74, 6) is -3.28. The zero-order valence-electron chi connectivity index (χ0n) is 22.9. The molecular weight excluding hydrogens is 531 g/mol. The highest BCUT2D eigenvalue weighted by molar-refractivity contribution is 6.81. The van der Waals surface area contributed by atoms with Crippen LogP contribution in [0.3, 0.4) is 0 Å². The number of aliphatic hydroxyl groups is 1. The van der Waals surface area contributed by atoms with Gasteiger partial charge in [-0.15, -0.1) is 0 Å². The summed E-state index contributed by atoms with van der Waals surface area (Å²) in [6.45, 7) is 4.75. The van der Waals surface area contributed by atoms with E-state index in [0.717, 1.165) is 44.2 Å². The molecule has 3 amide bonds. The van der Waals surface area contributed by atoms with Crippen LogP contribution in [0.5, 0.6) is 0 Å². The number of piperidine rings is 1. The summed E-state index contributed by atoms with van der Waals surface area (Å²) in [5.41, 5.74) is -1.09. The molecule has 0 radical (unpaired) electrons. The summed E-state index contributed by atoms with van der Waals surface area (Å²) >= 11 is 0. The molecule has 0 aromatic heterocycles. The number of alkyl halides is 3. The summed E-state index contributed by atoms with van der Waals surface area (Å²) in [6, 6.07) is 1.60. The Bertz CT molecular complexity index is 1020. The molecule has 4 fully saturated rings. The molecule has 5 unspecified atom stereocenters. The van der Waals surface area contributed by atoms with Crippen LogP contribution in [-0.2, 0) is 14.4 Å². The first-order valence-electron chi connectivity index (χ1n) is 13.9. The van der Waals surface area contributed by atoms with Gasteiger partial charge in [0.2, 0.25) is 11.8 Å². The van der Waals surface area contributed by atoms with Gasteiger partial charge in [-0.25, -0.2) is 0 Å². The fourth-order valence-corrected chi connectivity index (χ4v) is 12.2. The van der Waals surface area contributed by atoms with Crippen molar-refractivity contribution in [3.05, 3.63) is 0 Å². The fourth-order valence-electron chi connectivity index (χ4n) is 6.65. The number of amides is 3. The van der Waals surface area contributed by atoms with Gasteiger partial charge in [0, 0.05) is 17.6 Å². The van der Waals surface area contributed by atoms with Gasteiger partial charge in [0.15, 0.2) is 0 Å². The molecule has 5 atom stereocenters. The van der Waals surface area contributed by atoms with Gasteiger partial charge in [0.05, 0.1) is 26.2 Å². The number of carbonyl (C=O) groups is 3. The van der Waals surface area contributed by atoms with Crippen molar-refractivity contribution in [2.24, 2.45) is 11.3 Å². The number of nitriles is 1. The lowest BCUT2D eigenvalue weighted by Gasteiger charge is -2.38. The second kappa shape index (κ2) is 10.7. The van der Waals surface area contributed by atoms with E-state index in [4.69, 9.17) is 0 Å². The Labute approximate surface area is 228 Å². The molecule has 0 aromatic rings. The lowest BCUT2D eigenvalue weighted by atomic mass is 9.85. The maximum Gasteiger partial charge on any atom is 0.471 e. The predicted octanol–water partition coefficient (Wildman–Crippen LogP) is 2.32. The molecule has 4 aliphatic rings. The summed E-state index contributed by atoms with van der Waals surface area (Å²) in [4.78, 5) is 39.7. The highest BCUT2D eigenvalue weighted by atomic mass is 28.3. The van der Waals surface area contributed by atoms with E-state index in [0.29, 0.717) is 18.6 Å². The molecule has 0 aromatic carbocycles. The van der Waals surface area contributed by atoms with Crippen LogP contribution in [0.4, 0.5) is 13.2 Å². The molecule has 1 saturated carbocycles. The second-order valence-corrected chi connectivity index (χ2v) is 18.0. The topological polar surface area (TPSA) is 135 Å². The third kappa shape index (κ3) is 6.60. The SMILES string of the molecule is CC(C)(C)C(NC(=O)C(F)(F)F)C(=O)N1C[Si]2(CCCC2)CC1C(O)NC(C#N)CC1CCC2(CC2)NC1=O. The van der Waals surface area contributed by atoms with E-state index in [9.17, 15) is 37.9 Å². The van der Waals surface area contributed by atoms with Gasteiger partial charge >= 0.3 is 12.1 Å². The van der Waals surface area contributed by atoms with Gasteiger partial charge < -0.3 is 20.6 Å². The second-order valence-electron chi connectivity index (χ2n) is 13.2. The Morgan fingerprint density at radius 2 is 1.87 bits per heavy atom.